The minimum absolute atomic E-state index is 0.00683. The summed E-state index contributed by atoms with van der Waals surface area (Å²) in [6, 6.07) is 0. The van der Waals surface area contributed by atoms with Crippen molar-refractivity contribution in [1.29, 1.82) is 0 Å². The standard InChI is InChI=1S/C9H18O4/c1-6-7(4-10)12-5-8(6)13-9(2,3)11/h6-8,10-11H,4-5H2,1-3H3/t6?,7-,8+/m1/s1. The third-order valence-corrected chi connectivity index (χ3v) is 2.27. The van der Waals surface area contributed by atoms with Crippen molar-refractivity contribution < 1.29 is 19.7 Å². The molecule has 0 saturated carbocycles. The smallest absolute Gasteiger partial charge is 0.160 e. The lowest BCUT2D eigenvalue weighted by atomic mass is 10.0. The van der Waals surface area contributed by atoms with Gasteiger partial charge in [0.25, 0.3) is 0 Å². The molecule has 0 radical (unpaired) electrons. The second-order valence-corrected chi connectivity index (χ2v) is 4.02. The predicted molar refractivity (Wildman–Crippen MR) is 47.2 cm³/mol. The van der Waals surface area contributed by atoms with E-state index in [0.717, 1.165) is 0 Å². The first kappa shape index (κ1) is 10.9. The van der Waals surface area contributed by atoms with Crippen molar-refractivity contribution in [2.45, 2.75) is 38.8 Å². The lowest BCUT2D eigenvalue weighted by Crippen LogP contribution is -2.35. The van der Waals surface area contributed by atoms with E-state index in [0.29, 0.717) is 6.61 Å². The Morgan fingerprint density at radius 3 is 2.54 bits per heavy atom. The lowest BCUT2D eigenvalue weighted by Gasteiger charge is -2.25. The Hall–Kier alpha value is -0.160. The molecule has 0 aliphatic carbocycles. The summed E-state index contributed by atoms with van der Waals surface area (Å²) in [6.45, 7) is 5.57. The summed E-state index contributed by atoms with van der Waals surface area (Å²) in [6.07, 6.45) is -0.288. The van der Waals surface area contributed by atoms with Crippen molar-refractivity contribution in [3.63, 3.8) is 0 Å². The van der Waals surface area contributed by atoms with Crippen LogP contribution >= 0.6 is 0 Å². The quantitative estimate of drug-likeness (QED) is 0.621. The maximum atomic E-state index is 9.41. The number of rotatable bonds is 3. The SMILES string of the molecule is CC1[C@@H](OC(C)(C)O)CO[C@@H]1CO. The van der Waals surface area contributed by atoms with Crippen molar-refractivity contribution in [2.24, 2.45) is 5.92 Å². The zero-order valence-electron chi connectivity index (χ0n) is 8.36. The Kier molecular flexibility index (Phi) is 3.29. The fourth-order valence-electron chi connectivity index (χ4n) is 1.49. The monoisotopic (exact) mass is 190 g/mol. The van der Waals surface area contributed by atoms with E-state index in [4.69, 9.17) is 14.6 Å². The number of hydrogen-bond donors (Lipinski definition) is 2. The molecule has 78 valence electrons. The van der Waals surface area contributed by atoms with Crippen LogP contribution in [0.2, 0.25) is 0 Å². The van der Waals surface area contributed by atoms with Crippen molar-refractivity contribution in [3.8, 4) is 0 Å². The Morgan fingerprint density at radius 1 is 1.54 bits per heavy atom. The highest BCUT2D eigenvalue weighted by atomic mass is 16.6. The molecule has 0 aromatic heterocycles. The normalized spacial score (nSPS) is 35.3. The fourth-order valence-corrected chi connectivity index (χ4v) is 1.49. The van der Waals surface area contributed by atoms with Crippen LogP contribution in [0.5, 0.6) is 0 Å². The maximum absolute atomic E-state index is 9.41. The topological polar surface area (TPSA) is 58.9 Å². The van der Waals surface area contributed by atoms with Gasteiger partial charge in [0, 0.05) is 5.92 Å². The predicted octanol–water partition coefficient (Wildman–Crippen LogP) is 0.127. The van der Waals surface area contributed by atoms with E-state index < -0.39 is 5.79 Å². The van der Waals surface area contributed by atoms with Crippen LogP contribution in [0.15, 0.2) is 0 Å². The maximum Gasteiger partial charge on any atom is 0.160 e. The molecular formula is C9H18O4. The Balaban J connectivity index is 2.46. The number of hydrogen-bond acceptors (Lipinski definition) is 4. The summed E-state index contributed by atoms with van der Waals surface area (Å²) in [5.74, 6) is -1.01. The molecule has 1 aliphatic heterocycles. The molecule has 0 amide bonds. The highest BCUT2D eigenvalue weighted by Crippen LogP contribution is 2.26. The average Bonchev–Trinajstić information content (AvgIpc) is 2.30. The molecule has 13 heavy (non-hydrogen) atoms. The highest BCUT2D eigenvalue weighted by Gasteiger charge is 2.36. The summed E-state index contributed by atoms with van der Waals surface area (Å²) >= 11 is 0. The summed E-state index contributed by atoms with van der Waals surface area (Å²) in [5.41, 5.74) is 0. The molecule has 3 atom stereocenters. The van der Waals surface area contributed by atoms with Gasteiger partial charge < -0.3 is 19.7 Å². The fraction of sp³-hybridized carbons (Fsp3) is 1.00. The largest absolute Gasteiger partial charge is 0.394 e. The summed E-state index contributed by atoms with van der Waals surface area (Å²) in [4.78, 5) is 0. The van der Waals surface area contributed by atoms with E-state index in [1.807, 2.05) is 6.92 Å². The number of ether oxygens (including phenoxy) is 2. The van der Waals surface area contributed by atoms with Crippen LogP contribution in [0, 0.1) is 5.92 Å². The molecule has 4 nitrogen and oxygen atoms in total. The molecule has 1 unspecified atom stereocenters. The Morgan fingerprint density at radius 2 is 2.15 bits per heavy atom. The number of aliphatic hydroxyl groups excluding tert-OH is 1. The van der Waals surface area contributed by atoms with Crippen LogP contribution in [0.3, 0.4) is 0 Å². The van der Waals surface area contributed by atoms with Crippen LogP contribution in [0.25, 0.3) is 0 Å². The second-order valence-electron chi connectivity index (χ2n) is 4.02. The zero-order valence-corrected chi connectivity index (χ0v) is 8.36. The molecule has 2 N–H and O–H groups in total. The Labute approximate surface area is 78.5 Å². The first-order valence-corrected chi connectivity index (χ1v) is 4.56. The molecule has 1 saturated heterocycles. The van der Waals surface area contributed by atoms with Crippen molar-refractivity contribution >= 4 is 0 Å². The lowest BCUT2D eigenvalue weighted by molar-refractivity contribution is -0.210. The van der Waals surface area contributed by atoms with E-state index in [1.54, 1.807) is 13.8 Å². The second kappa shape index (κ2) is 3.92. The van der Waals surface area contributed by atoms with Gasteiger partial charge in [0.1, 0.15) is 0 Å². The van der Waals surface area contributed by atoms with Crippen molar-refractivity contribution in [3.05, 3.63) is 0 Å². The van der Waals surface area contributed by atoms with Crippen LogP contribution in [0.4, 0.5) is 0 Å². The molecule has 1 heterocycles. The van der Waals surface area contributed by atoms with Gasteiger partial charge in [-0.05, 0) is 13.8 Å². The molecular weight excluding hydrogens is 172 g/mol. The van der Waals surface area contributed by atoms with Gasteiger partial charge in [-0.1, -0.05) is 6.92 Å². The summed E-state index contributed by atoms with van der Waals surface area (Å²) in [7, 11) is 0. The van der Waals surface area contributed by atoms with Crippen LogP contribution in [-0.2, 0) is 9.47 Å². The summed E-state index contributed by atoms with van der Waals surface area (Å²) < 4.78 is 10.6. The third-order valence-electron chi connectivity index (χ3n) is 2.27. The van der Waals surface area contributed by atoms with E-state index in [2.05, 4.69) is 0 Å². The van der Waals surface area contributed by atoms with Gasteiger partial charge in [-0.2, -0.15) is 0 Å². The summed E-state index contributed by atoms with van der Waals surface area (Å²) in [5, 5.41) is 18.3. The van der Waals surface area contributed by atoms with Gasteiger partial charge in [-0.15, -0.1) is 0 Å². The average molecular weight is 190 g/mol. The highest BCUT2D eigenvalue weighted by molar-refractivity contribution is 4.82. The zero-order chi connectivity index (χ0) is 10.1. The minimum atomic E-state index is -1.13. The van der Waals surface area contributed by atoms with Gasteiger partial charge in [0.15, 0.2) is 5.79 Å². The molecule has 1 fully saturated rings. The molecule has 1 rings (SSSR count). The first-order chi connectivity index (χ1) is 5.94. The number of aliphatic hydroxyl groups is 2. The molecule has 4 heteroatoms. The van der Waals surface area contributed by atoms with Gasteiger partial charge >= 0.3 is 0 Å². The van der Waals surface area contributed by atoms with Crippen LogP contribution in [0.1, 0.15) is 20.8 Å². The van der Waals surface area contributed by atoms with E-state index in [1.165, 1.54) is 0 Å². The van der Waals surface area contributed by atoms with Crippen molar-refractivity contribution in [2.75, 3.05) is 13.2 Å². The molecule has 1 aliphatic rings. The van der Waals surface area contributed by atoms with Crippen molar-refractivity contribution in [1.82, 2.24) is 0 Å². The van der Waals surface area contributed by atoms with Gasteiger partial charge in [-0.3, -0.25) is 0 Å². The molecule has 0 bridgehead atoms. The minimum Gasteiger partial charge on any atom is -0.394 e. The van der Waals surface area contributed by atoms with Gasteiger partial charge in [0.2, 0.25) is 0 Å². The third kappa shape index (κ3) is 2.91. The van der Waals surface area contributed by atoms with Gasteiger partial charge in [0.05, 0.1) is 25.4 Å². The van der Waals surface area contributed by atoms with Gasteiger partial charge in [-0.25, -0.2) is 0 Å². The molecule has 0 aromatic carbocycles. The first-order valence-electron chi connectivity index (χ1n) is 4.56. The molecule has 0 spiro atoms. The van der Waals surface area contributed by atoms with Crippen LogP contribution in [-0.4, -0.2) is 41.4 Å². The van der Waals surface area contributed by atoms with E-state index in [9.17, 15) is 5.11 Å². The Bertz CT molecular complexity index is 163. The van der Waals surface area contributed by atoms with Crippen LogP contribution < -0.4 is 0 Å². The van der Waals surface area contributed by atoms with E-state index in [-0.39, 0.29) is 24.7 Å². The molecule has 0 aromatic rings. The van der Waals surface area contributed by atoms with E-state index >= 15 is 0 Å².